The van der Waals surface area contributed by atoms with Crippen molar-refractivity contribution >= 4 is 17.5 Å². The lowest BCUT2D eigenvalue weighted by Crippen LogP contribution is -2.36. The SMILES string of the molecule is CCCCN(Cc1cccn1Cc1cccc(F)c1)C(=O)[C@@H](C)Cl. The predicted octanol–water partition coefficient (Wildman–Crippen LogP) is 4.43. The molecule has 0 bridgehead atoms. The number of carbonyl (C=O) groups excluding carboxylic acids is 1. The van der Waals surface area contributed by atoms with Crippen molar-refractivity contribution in [3.8, 4) is 0 Å². The zero-order chi connectivity index (χ0) is 17.5. The van der Waals surface area contributed by atoms with Gasteiger partial charge in [0.15, 0.2) is 0 Å². The number of unbranched alkanes of at least 4 members (excludes halogenated alkanes) is 1. The van der Waals surface area contributed by atoms with Crippen molar-refractivity contribution in [1.82, 2.24) is 9.47 Å². The normalized spacial score (nSPS) is 12.2. The molecule has 130 valence electrons. The van der Waals surface area contributed by atoms with E-state index in [2.05, 4.69) is 6.92 Å². The molecule has 0 aliphatic carbocycles. The Kier molecular flexibility index (Phi) is 6.85. The maximum atomic E-state index is 13.4. The van der Waals surface area contributed by atoms with Gasteiger partial charge in [0.2, 0.25) is 5.91 Å². The van der Waals surface area contributed by atoms with Crippen LogP contribution in [0.1, 0.15) is 37.9 Å². The molecule has 2 rings (SSSR count). The highest BCUT2D eigenvalue weighted by molar-refractivity contribution is 6.30. The largest absolute Gasteiger partial charge is 0.345 e. The zero-order valence-corrected chi connectivity index (χ0v) is 15.0. The highest BCUT2D eigenvalue weighted by Gasteiger charge is 2.19. The summed E-state index contributed by atoms with van der Waals surface area (Å²) in [6.07, 6.45) is 3.91. The summed E-state index contributed by atoms with van der Waals surface area (Å²) in [5.74, 6) is -0.291. The molecule has 5 heteroatoms. The lowest BCUT2D eigenvalue weighted by molar-refractivity contribution is -0.131. The molecule has 1 heterocycles. The first kappa shape index (κ1) is 18.5. The van der Waals surface area contributed by atoms with Crippen molar-refractivity contribution in [2.75, 3.05) is 6.54 Å². The number of benzene rings is 1. The molecule has 1 atom stereocenters. The van der Waals surface area contributed by atoms with Gasteiger partial charge in [0.1, 0.15) is 11.2 Å². The van der Waals surface area contributed by atoms with Crippen molar-refractivity contribution < 1.29 is 9.18 Å². The predicted molar refractivity (Wildman–Crippen MR) is 95.6 cm³/mol. The third kappa shape index (κ3) is 5.10. The third-order valence-electron chi connectivity index (χ3n) is 3.95. The fourth-order valence-electron chi connectivity index (χ4n) is 2.64. The Morgan fingerprint density at radius 1 is 1.33 bits per heavy atom. The minimum absolute atomic E-state index is 0.0522. The van der Waals surface area contributed by atoms with Crippen molar-refractivity contribution in [2.45, 2.75) is 45.2 Å². The quantitative estimate of drug-likeness (QED) is 0.646. The van der Waals surface area contributed by atoms with Gasteiger partial charge in [-0.05, 0) is 43.2 Å². The monoisotopic (exact) mass is 350 g/mol. The molecule has 2 aromatic rings. The average Bonchev–Trinajstić information content (AvgIpc) is 2.97. The molecule has 0 spiro atoms. The number of halogens is 2. The molecule has 0 N–H and O–H groups in total. The summed E-state index contributed by atoms with van der Waals surface area (Å²) in [7, 11) is 0. The molecular formula is C19H24ClFN2O. The van der Waals surface area contributed by atoms with Gasteiger partial charge in [-0.3, -0.25) is 4.79 Å². The van der Waals surface area contributed by atoms with Gasteiger partial charge in [-0.25, -0.2) is 4.39 Å². The molecule has 0 fully saturated rings. The summed E-state index contributed by atoms with van der Waals surface area (Å²) in [6, 6.07) is 10.5. The molecule has 0 radical (unpaired) electrons. The second-order valence-corrected chi connectivity index (χ2v) is 6.64. The lowest BCUT2D eigenvalue weighted by atomic mass is 10.2. The van der Waals surface area contributed by atoms with Crippen molar-refractivity contribution in [3.05, 3.63) is 59.7 Å². The maximum absolute atomic E-state index is 13.4. The maximum Gasteiger partial charge on any atom is 0.240 e. The standard InChI is InChI=1S/C19H24ClFN2O/c1-3-4-10-23(19(24)15(2)20)14-18-9-6-11-22(18)13-16-7-5-8-17(21)12-16/h5-9,11-12,15H,3-4,10,13-14H2,1-2H3/t15-/m1/s1. The van der Waals surface area contributed by atoms with Crippen LogP contribution in [0, 0.1) is 5.82 Å². The molecule has 0 aliphatic heterocycles. The van der Waals surface area contributed by atoms with Crippen LogP contribution in [0.5, 0.6) is 0 Å². The topological polar surface area (TPSA) is 25.2 Å². The second-order valence-electron chi connectivity index (χ2n) is 5.99. The van der Waals surface area contributed by atoms with E-state index in [4.69, 9.17) is 11.6 Å². The molecule has 1 aromatic heterocycles. The molecule has 0 saturated carbocycles. The van der Waals surface area contributed by atoms with Gasteiger partial charge < -0.3 is 9.47 Å². The van der Waals surface area contributed by atoms with Gasteiger partial charge in [0.25, 0.3) is 0 Å². The van der Waals surface area contributed by atoms with Crippen LogP contribution in [0.2, 0.25) is 0 Å². The number of amides is 1. The van der Waals surface area contributed by atoms with Gasteiger partial charge in [0.05, 0.1) is 6.54 Å². The molecular weight excluding hydrogens is 327 g/mol. The highest BCUT2D eigenvalue weighted by Crippen LogP contribution is 2.14. The van der Waals surface area contributed by atoms with Crippen molar-refractivity contribution in [3.63, 3.8) is 0 Å². The molecule has 1 aromatic carbocycles. The Bertz CT molecular complexity index is 669. The van der Waals surface area contributed by atoms with E-state index in [0.717, 1.165) is 24.1 Å². The fourth-order valence-corrected chi connectivity index (χ4v) is 2.78. The highest BCUT2D eigenvalue weighted by atomic mass is 35.5. The molecule has 1 amide bonds. The van der Waals surface area contributed by atoms with Gasteiger partial charge in [-0.15, -0.1) is 11.6 Å². The van der Waals surface area contributed by atoms with E-state index in [9.17, 15) is 9.18 Å². The molecule has 0 unspecified atom stereocenters. The molecule has 0 saturated heterocycles. The van der Waals surface area contributed by atoms with Crippen LogP contribution in [0.4, 0.5) is 4.39 Å². The van der Waals surface area contributed by atoms with E-state index in [-0.39, 0.29) is 11.7 Å². The van der Waals surface area contributed by atoms with E-state index in [1.165, 1.54) is 12.1 Å². The Morgan fingerprint density at radius 2 is 2.12 bits per heavy atom. The first-order chi connectivity index (χ1) is 11.5. The van der Waals surface area contributed by atoms with E-state index in [1.54, 1.807) is 17.9 Å². The summed E-state index contributed by atoms with van der Waals surface area (Å²) < 4.78 is 15.4. The smallest absolute Gasteiger partial charge is 0.240 e. The number of hydrogen-bond donors (Lipinski definition) is 0. The first-order valence-electron chi connectivity index (χ1n) is 8.32. The van der Waals surface area contributed by atoms with E-state index in [0.29, 0.717) is 19.6 Å². The summed E-state index contributed by atoms with van der Waals surface area (Å²) in [6.45, 7) is 5.58. The number of nitrogens with zero attached hydrogens (tertiary/aromatic N) is 2. The summed E-state index contributed by atoms with van der Waals surface area (Å²) in [5.41, 5.74) is 1.91. The summed E-state index contributed by atoms with van der Waals surface area (Å²) >= 11 is 5.99. The zero-order valence-electron chi connectivity index (χ0n) is 14.2. The van der Waals surface area contributed by atoms with Crippen LogP contribution in [-0.2, 0) is 17.9 Å². The first-order valence-corrected chi connectivity index (χ1v) is 8.76. The molecule has 3 nitrogen and oxygen atoms in total. The van der Waals surface area contributed by atoms with E-state index < -0.39 is 5.38 Å². The number of aromatic nitrogens is 1. The van der Waals surface area contributed by atoms with Crippen LogP contribution in [-0.4, -0.2) is 27.3 Å². The van der Waals surface area contributed by atoms with E-state index >= 15 is 0 Å². The Morgan fingerprint density at radius 3 is 2.79 bits per heavy atom. The van der Waals surface area contributed by atoms with Crippen LogP contribution < -0.4 is 0 Å². The number of rotatable bonds is 8. The van der Waals surface area contributed by atoms with Crippen LogP contribution in [0.15, 0.2) is 42.6 Å². The average molecular weight is 351 g/mol. The van der Waals surface area contributed by atoms with Gasteiger partial charge in [0, 0.05) is 25.0 Å². The minimum atomic E-state index is -0.534. The number of carbonyl (C=O) groups is 1. The molecule has 0 aliphatic rings. The second kappa shape index (κ2) is 8.88. The number of alkyl halides is 1. The third-order valence-corrected chi connectivity index (χ3v) is 4.14. The fraction of sp³-hybridized carbons (Fsp3) is 0.421. The molecule has 24 heavy (non-hydrogen) atoms. The van der Waals surface area contributed by atoms with Crippen molar-refractivity contribution in [1.29, 1.82) is 0 Å². The number of hydrogen-bond acceptors (Lipinski definition) is 1. The van der Waals surface area contributed by atoms with Crippen molar-refractivity contribution in [2.24, 2.45) is 0 Å². The van der Waals surface area contributed by atoms with Gasteiger partial charge in [-0.2, -0.15) is 0 Å². The minimum Gasteiger partial charge on any atom is -0.345 e. The van der Waals surface area contributed by atoms with Gasteiger partial charge in [-0.1, -0.05) is 25.5 Å². The van der Waals surface area contributed by atoms with Crippen LogP contribution >= 0.6 is 11.6 Å². The van der Waals surface area contributed by atoms with E-state index in [1.807, 2.05) is 29.0 Å². The van der Waals surface area contributed by atoms with Gasteiger partial charge >= 0.3 is 0 Å². The lowest BCUT2D eigenvalue weighted by Gasteiger charge is -2.24. The Hall–Kier alpha value is -1.81. The Balaban J connectivity index is 2.13. The van der Waals surface area contributed by atoms with Crippen LogP contribution in [0.3, 0.4) is 0 Å². The van der Waals surface area contributed by atoms with Crippen LogP contribution in [0.25, 0.3) is 0 Å². The summed E-state index contributed by atoms with van der Waals surface area (Å²) in [4.78, 5) is 14.1. The Labute approximate surface area is 148 Å². The summed E-state index contributed by atoms with van der Waals surface area (Å²) in [5, 5.41) is -0.534.